The smallest absolute Gasteiger partial charge is 0.418 e. The fourth-order valence-corrected chi connectivity index (χ4v) is 0. The molecule has 0 amide bonds. The molecule has 0 aromatic carbocycles. The molecule has 0 aliphatic carbocycles. The number of hydrogen-bond acceptors (Lipinski definition) is 0. The molecule has 0 saturated heterocycles. The second-order valence-electron chi connectivity index (χ2n) is 1.98. The van der Waals surface area contributed by atoms with Crippen LogP contribution in [-0.2, 0) is 26.2 Å². The predicted molar refractivity (Wildman–Crippen MR) is 40.7 cm³/mol. The summed E-state index contributed by atoms with van der Waals surface area (Å²) in [5.41, 5.74) is 0. The topological polar surface area (TPSA) is 0 Å². The van der Waals surface area contributed by atoms with Crippen molar-refractivity contribution >= 4 is 29.0 Å². The Morgan fingerprint density at radius 1 is 0.238 bits per heavy atom. The van der Waals surface area contributed by atoms with E-state index in [0.29, 0.717) is 0 Å². The molecular formula is B4F16Zr. The molecule has 0 aromatic rings. The van der Waals surface area contributed by atoms with Crippen LogP contribution in [0.3, 0.4) is 0 Å². The molecule has 0 aliphatic heterocycles. The minimum Gasteiger partial charge on any atom is -0.418 e. The first-order valence-electron chi connectivity index (χ1n) is 3.49. The van der Waals surface area contributed by atoms with Gasteiger partial charge in [-0.2, -0.15) is 0 Å². The molecule has 0 saturated carbocycles. The Kier molecular flexibility index (Phi) is 19.6. The van der Waals surface area contributed by atoms with Crippen molar-refractivity contribution in [3.63, 3.8) is 0 Å². The first kappa shape index (κ1) is 32.8. The molecule has 0 spiro atoms. The molecule has 0 bridgehead atoms. The average Bonchev–Trinajstić information content (AvgIpc) is 1.62. The number of hydrogen-bond donors (Lipinski definition) is 0. The molecule has 0 fully saturated rings. The number of halogens is 16. The van der Waals surface area contributed by atoms with Crippen LogP contribution in [-0.4, -0.2) is 29.0 Å². The Hall–Kier alpha value is 0.0229. The van der Waals surface area contributed by atoms with Crippen molar-refractivity contribution in [2.45, 2.75) is 0 Å². The second-order valence-corrected chi connectivity index (χ2v) is 1.98. The van der Waals surface area contributed by atoms with Crippen molar-refractivity contribution in [3.8, 4) is 0 Å². The van der Waals surface area contributed by atoms with Crippen molar-refractivity contribution in [3.05, 3.63) is 0 Å². The summed E-state index contributed by atoms with van der Waals surface area (Å²) in [6.45, 7) is 0. The molecule has 128 valence electrons. The van der Waals surface area contributed by atoms with E-state index in [9.17, 15) is 69.1 Å². The van der Waals surface area contributed by atoms with E-state index in [0.717, 1.165) is 0 Å². The Labute approximate surface area is 125 Å². The van der Waals surface area contributed by atoms with Gasteiger partial charge in [-0.1, -0.05) is 0 Å². The van der Waals surface area contributed by atoms with Gasteiger partial charge in [0.2, 0.25) is 0 Å². The maximum atomic E-state index is 9.75. The van der Waals surface area contributed by atoms with Crippen LogP contribution in [0.1, 0.15) is 0 Å². The fourth-order valence-electron chi connectivity index (χ4n) is 0. The molecule has 21 heteroatoms. The zero-order valence-electron chi connectivity index (χ0n) is 8.86. The van der Waals surface area contributed by atoms with Gasteiger partial charge in [0.25, 0.3) is 0 Å². The molecule has 0 nitrogen and oxygen atoms in total. The van der Waals surface area contributed by atoms with Crippen LogP contribution < -0.4 is 0 Å². The van der Waals surface area contributed by atoms with E-state index < -0.39 is 29.0 Å². The van der Waals surface area contributed by atoms with Crippen molar-refractivity contribution in [2.24, 2.45) is 0 Å². The molecule has 0 aromatic heterocycles. The van der Waals surface area contributed by atoms with Crippen LogP contribution >= 0.6 is 0 Å². The van der Waals surface area contributed by atoms with Gasteiger partial charge in [-0.3, -0.25) is 0 Å². The molecule has 0 aliphatic rings. The summed E-state index contributed by atoms with van der Waals surface area (Å²) in [7, 11) is -24.0. The summed E-state index contributed by atoms with van der Waals surface area (Å²) in [6.07, 6.45) is 0. The van der Waals surface area contributed by atoms with E-state index in [1.54, 1.807) is 0 Å². The first-order chi connectivity index (χ1) is 8.00. The maximum absolute atomic E-state index is 9.75. The van der Waals surface area contributed by atoms with Crippen molar-refractivity contribution in [1.29, 1.82) is 0 Å². The zero-order valence-corrected chi connectivity index (χ0v) is 11.3. The van der Waals surface area contributed by atoms with Gasteiger partial charge < -0.3 is 69.1 Å². The van der Waals surface area contributed by atoms with Crippen LogP contribution in [0.4, 0.5) is 69.1 Å². The Bertz CT molecular complexity index is 130. The summed E-state index contributed by atoms with van der Waals surface area (Å²) in [6, 6.07) is 0. The van der Waals surface area contributed by atoms with Crippen LogP contribution in [0.5, 0.6) is 0 Å². The van der Waals surface area contributed by atoms with Crippen LogP contribution in [0.15, 0.2) is 0 Å². The van der Waals surface area contributed by atoms with Crippen molar-refractivity contribution in [2.75, 3.05) is 0 Å². The third-order valence-corrected chi connectivity index (χ3v) is 0. The average molecular weight is 438 g/mol. The Morgan fingerprint density at radius 2 is 0.238 bits per heavy atom. The number of rotatable bonds is 0. The summed E-state index contributed by atoms with van der Waals surface area (Å²) < 4.78 is 156. The normalized spacial score (nSPS) is 11.4. The van der Waals surface area contributed by atoms with Crippen LogP contribution in [0, 0.1) is 0 Å². The third kappa shape index (κ3) is 12400000. The van der Waals surface area contributed by atoms with Crippen LogP contribution in [0.25, 0.3) is 0 Å². The largest absolute Gasteiger partial charge is 4.00 e. The molecule has 0 heterocycles. The molecule has 0 N–H and O–H groups in total. The van der Waals surface area contributed by atoms with Crippen molar-refractivity contribution < 1.29 is 95.3 Å². The van der Waals surface area contributed by atoms with Gasteiger partial charge in [-0.15, -0.1) is 0 Å². The minimum absolute atomic E-state index is 0. The van der Waals surface area contributed by atoms with E-state index >= 15 is 0 Å². The second kappa shape index (κ2) is 12.6. The van der Waals surface area contributed by atoms with E-state index in [1.165, 1.54) is 0 Å². The van der Waals surface area contributed by atoms with Crippen molar-refractivity contribution in [1.82, 2.24) is 0 Å². The standard InChI is InChI=1S/4BF4.Zr/c4*2-1(3,4)5;/q4*-1;+4. The fraction of sp³-hybridized carbons (Fsp3) is 0. The van der Waals surface area contributed by atoms with E-state index in [-0.39, 0.29) is 26.2 Å². The summed E-state index contributed by atoms with van der Waals surface area (Å²) in [5.74, 6) is 0. The van der Waals surface area contributed by atoms with Gasteiger partial charge in [0.15, 0.2) is 0 Å². The molecule has 0 radical (unpaired) electrons. The molecule has 0 unspecified atom stereocenters. The van der Waals surface area contributed by atoms with E-state index in [1.807, 2.05) is 0 Å². The Balaban J connectivity index is -0.0000000533. The summed E-state index contributed by atoms with van der Waals surface area (Å²) in [5, 5.41) is 0. The van der Waals surface area contributed by atoms with E-state index in [2.05, 4.69) is 0 Å². The Morgan fingerprint density at radius 3 is 0.238 bits per heavy atom. The SMILES string of the molecule is F[B-](F)(F)F.F[B-](F)(F)F.F[B-](F)(F)F.F[B-](F)(F)F.[Zr+4]. The third-order valence-electron chi connectivity index (χ3n) is 0. The summed E-state index contributed by atoms with van der Waals surface area (Å²) in [4.78, 5) is 0. The minimum atomic E-state index is -6.00. The molecule has 21 heavy (non-hydrogen) atoms. The molecule has 0 rings (SSSR count). The van der Waals surface area contributed by atoms with Gasteiger partial charge in [0.05, 0.1) is 0 Å². The first-order valence-corrected chi connectivity index (χ1v) is 3.49. The molecular weight excluding hydrogens is 438 g/mol. The van der Waals surface area contributed by atoms with Gasteiger partial charge in [-0.05, 0) is 0 Å². The zero-order chi connectivity index (χ0) is 18.0. The monoisotopic (exact) mass is 438 g/mol. The molecule has 0 atom stereocenters. The maximum Gasteiger partial charge on any atom is 4.00 e. The van der Waals surface area contributed by atoms with Gasteiger partial charge >= 0.3 is 55.2 Å². The van der Waals surface area contributed by atoms with Crippen LogP contribution in [0.2, 0.25) is 0 Å². The van der Waals surface area contributed by atoms with Gasteiger partial charge in [0.1, 0.15) is 0 Å². The quantitative estimate of drug-likeness (QED) is 0.360. The van der Waals surface area contributed by atoms with E-state index in [4.69, 9.17) is 0 Å². The summed E-state index contributed by atoms with van der Waals surface area (Å²) >= 11 is 0. The van der Waals surface area contributed by atoms with Gasteiger partial charge in [0, 0.05) is 0 Å². The van der Waals surface area contributed by atoms with Gasteiger partial charge in [-0.25, -0.2) is 0 Å². The predicted octanol–water partition coefficient (Wildman–Crippen LogP) is 5.20.